The summed E-state index contributed by atoms with van der Waals surface area (Å²) in [5.74, 6) is -1.52. The number of aromatic hydroxyl groups is 1. The van der Waals surface area contributed by atoms with Crippen LogP contribution in [0.2, 0.25) is 5.02 Å². The first kappa shape index (κ1) is 12.3. The molecule has 0 aliphatic heterocycles. The summed E-state index contributed by atoms with van der Waals surface area (Å²) in [6.07, 6.45) is -0.328. The SMILES string of the molecule is O=C(O)CCC(=O)Nc1ccc(O)c(Cl)c1. The number of amides is 1. The van der Waals surface area contributed by atoms with E-state index in [4.69, 9.17) is 21.8 Å². The van der Waals surface area contributed by atoms with Gasteiger partial charge in [0, 0.05) is 12.1 Å². The third-order valence-corrected chi connectivity index (χ3v) is 2.10. The number of hydrogen-bond acceptors (Lipinski definition) is 3. The van der Waals surface area contributed by atoms with Gasteiger partial charge in [-0.05, 0) is 18.2 Å². The first-order valence-corrected chi connectivity index (χ1v) is 4.87. The molecule has 1 rings (SSSR count). The van der Waals surface area contributed by atoms with Crippen LogP contribution in [0.15, 0.2) is 18.2 Å². The van der Waals surface area contributed by atoms with Crippen LogP contribution in [-0.2, 0) is 9.59 Å². The number of rotatable bonds is 4. The number of nitrogens with one attached hydrogen (secondary N) is 1. The van der Waals surface area contributed by atoms with Gasteiger partial charge in [-0.1, -0.05) is 11.6 Å². The average molecular weight is 244 g/mol. The fourth-order valence-corrected chi connectivity index (χ4v) is 1.21. The minimum absolute atomic E-state index is 0.0785. The Labute approximate surface area is 96.7 Å². The Morgan fingerprint density at radius 2 is 2.00 bits per heavy atom. The smallest absolute Gasteiger partial charge is 0.303 e. The average Bonchev–Trinajstić information content (AvgIpc) is 2.21. The number of carbonyl (C=O) groups excluding carboxylic acids is 1. The molecule has 1 amide bonds. The Morgan fingerprint density at radius 1 is 1.31 bits per heavy atom. The molecular weight excluding hydrogens is 234 g/mol. The highest BCUT2D eigenvalue weighted by atomic mass is 35.5. The van der Waals surface area contributed by atoms with Gasteiger partial charge in [0.2, 0.25) is 5.91 Å². The second-order valence-corrected chi connectivity index (χ2v) is 3.52. The van der Waals surface area contributed by atoms with Crippen molar-refractivity contribution < 1.29 is 19.8 Å². The van der Waals surface area contributed by atoms with E-state index in [1.54, 1.807) is 0 Å². The topological polar surface area (TPSA) is 86.6 Å². The van der Waals surface area contributed by atoms with Crippen molar-refractivity contribution in [2.24, 2.45) is 0 Å². The highest BCUT2D eigenvalue weighted by Crippen LogP contribution is 2.26. The van der Waals surface area contributed by atoms with E-state index in [1.807, 2.05) is 0 Å². The number of phenols is 1. The molecule has 1 aromatic carbocycles. The lowest BCUT2D eigenvalue weighted by Gasteiger charge is -2.05. The summed E-state index contributed by atoms with van der Waals surface area (Å²) < 4.78 is 0. The van der Waals surface area contributed by atoms with Crippen LogP contribution in [0.5, 0.6) is 5.75 Å². The molecule has 0 heterocycles. The van der Waals surface area contributed by atoms with Gasteiger partial charge in [-0.15, -0.1) is 0 Å². The molecule has 1 aromatic rings. The maximum atomic E-state index is 11.2. The van der Waals surface area contributed by atoms with Gasteiger partial charge in [0.25, 0.3) is 0 Å². The molecule has 16 heavy (non-hydrogen) atoms. The lowest BCUT2D eigenvalue weighted by atomic mass is 10.2. The van der Waals surface area contributed by atoms with E-state index in [9.17, 15) is 9.59 Å². The first-order chi connectivity index (χ1) is 7.49. The van der Waals surface area contributed by atoms with E-state index < -0.39 is 11.9 Å². The lowest BCUT2D eigenvalue weighted by molar-refractivity contribution is -0.138. The number of phenolic OH excluding ortho intramolecular Hbond substituents is 1. The minimum atomic E-state index is -1.03. The maximum Gasteiger partial charge on any atom is 0.303 e. The Hall–Kier alpha value is -1.75. The summed E-state index contributed by atoms with van der Waals surface area (Å²) in [6, 6.07) is 4.20. The molecule has 3 N–H and O–H groups in total. The van der Waals surface area contributed by atoms with Gasteiger partial charge < -0.3 is 15.5 Å². The lowest BCUT2D eigenvalue weighted by Crippen LogP contribution is -2.13. The number of halogens is 1. The van der Waals surface area contributed by atoms with Crippen molar-refractivity contribution in [3.63, 3.8) is 0 Å². The standard InChI is InChI=1S/C10H10ClNO4/c11-7-5-6(1-2-8(7)13)12-9(14)3-4-10(15)16/h1-2,5,13H,3-4H2,(H,12,14)(H,15,16). The summed E-state index contributed by atoms with van der Waals surface area (Å²) >= 11 is 5.63. The van der Waals surface area contributed by atoms with Crippen molar-refractivity contribution in [3.8, 4) is 5.75 Å². The predicted octanol–water partition coefficient (Wildman–Crippen LogP) is 1.85. The van der Waals surface area contributed by atoms with Gasteiger partial charge >= 0.3 is 5.97 Å². The second kappa shape index (κ2) is 5.37. The highest BCUT2D eigenvalue weighted by Gasteiger charge is 2.06. The zero-order valence-corrected chi connectivity index (χ0v) is 8.99. The van der Waals surface area contributed by atoms with Crippen molar-refractivity contribution in [2.45, 2.75) is 12.8 Å². The zero-order chi connectivity index (χ0) is 12.1. The second-order valence-electron chi connectivity index (χ2n) is 3.11. The predicted molar refractivity (Wildman–Crippen MR) is 58.6 cm³/mol. The van der Waals surface area contributed by atoms with E-state index >= 15 is 0 Å². The van der Waals surface area contributed by atoms with E-state index in [2.05, 4.69) is 5.32 Å². The monoisotopic (exact) mass is 243 g/mol. The van der Waals surface area contributed by atoms with Crippen LogP contribution in [0, 0.1) is 0 Å². The first-order valence-electron chi connectivity index (χ1n) is 4.49. The molecule has 0 atom stereocenters. The maximum absolute atomic E-state index is 11.2. The van der Waals surface area contributed by atoms with E-state index in [-0.39, 0.29) is 23.6 Å². The number of carboxylic acid groups (broad SMARTS) is 1. The Morgan fingerprint density at radius 3 is 2.56 bits per heavy atom. The number of anilines is 1. The van der Waals surface area contributed by atoms with E-state index in [1.165, 1.54) is 18.2 Å². The number of hydrogen-bond donors (Lipinski definition) is 3. The normalized spacial score (nSPS) is 9.81. The molecule has 6 heteroatoms. The van der Waals surface area contributed by atoms with Crippen molar-refractivity contribution >= 4 is 29.2 Å². The quantitative estimate of drug-likeness (QED) is 0.705. The summed E-state index contributed by atoms with van der Waals surface area (Å²) in [6.45, 7) is 0. The Kier molecular flexibility index (Phi) is 4.13. The molecule has 0 aromatic heterocycles. The molecule has 0 spiro atoms. The van der Waals surface area contributed by atoms with Crippen LogP contribution in [-0.4, -0.2) is 22.1 Å². The summed E-state index contributed by atoms with van der Waals surface area (Å²) in [7, 11) is 0. The summed E-state index contributed by atoms with van der Waals surface area (Å²) in [5.41, 5.74) is 0.415. The van der Waals surface area contributed by atoms with Crippen LogP contribution in [0.3, 0.4) is 0 Å². The molecule has 0 fully saturated rings. The van der Waals surface area contributed by atoms with Crippen LogP contribution >= 0.6 is 11.6 Å². The van der Waals surface area contributed by atoms with Gasteiger partial charge in [0.1, 0.15) is 5.75 Å². The summed E-state index contributed by atoms with van der Waals surface area (Å²) in [5, 5.41) is 20.1. The zero-order valence-electron chi connectivity index (χ0n) is 8.24. The van der Waals surface area contributed by atoms with Crippen molar-refractivity contribution in [1.82, 2.24) is 0 Å². The van der Waals surface area contributed by atoms with Crippen molar-refractivity contribution in [2.75, 3.05) is 5.32 Å². The summed E-state index contributed by atoms with van der Waals surface area (Å²) in [4.78, 5) is 21.5. The third kappa shape index (κ3) is 3.78. The number of aliphatic carboxylic acids is 1. The molecule has 0 aliphatic rings. The van der Waals surface area contributed by atoms with Gasteiger partial charge in [0.05, 0.1) is 11.4 Å². The molecule has 0 bridgehead atoms. The molecule has 86 valence electrons. The van der Waals surface area contributed by atoms with E-state index in [0.717, 1.165) is 0 Å². The molecule has 5 nitrogen and oxygen atoms in total. The van der Waals surface area contributed by atoms with Crippen molar-refractivity contribution in [1.29, 1.82) is 0 Å². The molecule has 0 saturated heterocycles. The molecular formula is C10H10ClNO4. The molecule has 0 aliphatic carbocycles. The van der Waals surface area contributed by atoms with Crippen LogP contribution < -0.4 is 5.32 Å². The van der Waals surface area contributed by atoms with Gasteiger partial charge in [0.15, 0.2) is 0 Å². The number of benzene rings is 1. The van der Waals surface area contributed by atoms with Gasteiger partial charge in [-0.25, -0.2) is 0 Å². The fraction of sp³-hybridized carbons (Fsp3) is 0.200. The fourth-order valence-electron chi connectivity index (χ4n) is 1.03. The molecule has 0 unspecified atom stereocenters. The number of carbonyl (C=O) groups is 2. The minimum Gasteiger partial charge on any atom is -0.506 e. The van der Waals surface area contributed by atoms with Crippen LogP contribution in [0.4, 0.5) is 5.69 Å². The van der Waals surface area contributed by atoms with Crippen molar-refractivity contribution in [3.05, 3.63) is 23.2 Å². The molecule has 0 radical (unpaired) electrons. The third-order valence-electron chi connectivity index (χ3n) is 1.80. The van der Waals surface area contributed by atoms with Gasteiger partial charge in [-0.2, -0.15) is 0 Å². The largest absolute Gasteiger partial charge is 0.506 e. The number of carboxylic acids is 1. The Bertz CT molecular complexity index is 419. The van der Waals surface area contributed by atoms with Crippen LogP contribution in [0.25, 0.3) is 0 Å². The van der Waals surface area contributed by atoms with Crippen LogP contribution in [0.1, 0.15) is 12.8 Å². The van der Waals surface area contributed by atoms with Gasteiger partial charge in [-0.3, -0.25) is 9.59 Å². The van der Waals surface area contributed by atoms with E-state index in [0.29, 0.717) is 5.69 Å². The molecule has 0 saturated carbocycles. The Balaban J connectivity index is 2.56. The highest BCUT2D eigenvalue weighted by molar-refractivity contribution is 6.32.